The minimum atomic E-state index is 0.269. The normalized spacial score (nSPS) is 10.7. The monoisotopic (exact) mass is 281 g/mol. The van der Waals surface area contributed by atoms with Crippen LogP contribution in [-0.2, 0) is 0 Å². The van der Waals surface area contributed by atoms with Gasteiger partial charge in [-0.25, -0.2) is 4.98 Å². The first-order valence-electron chi connectivity index (χ1n) is 6.46. The first-order chi connectivity index (χ1) is 9.63. The van der Waals surface area contributed by atoms with Crippen LogP contribution in [0.3, 0.4) is 0 Å². The van der Waals surface area contributed by atoms with E-state index in [0.717, 1.165) is 16.3 Å². The van der Waals surface area contributed by atoms with Gasteiger partial charge in [0, 0.05) is 16.5 Å². The molecule has 0 amide bonds. The van der Waals surface area contributed by atoms with Crippen LogP contribution in [0.2, 0.25) is 0 Å². The fraction of sp³-hybridized carbons (Fsp3) is 0.118. The van der Waals surface area contributed by atoms with Gasteiger partial charge in [-0.2, -0.15) is 0 Å². The molecule has 2 aromatic carbocycles. The van der Waals surface area contributed by atoms with Crippen molar-refractivity contribution in [1.82, 2.24) is 4.98 Å². The largest absolute Gasteiger partial charge is 0.508 e. The predicted octanol–water partition coefficient (Wildman–Crippen LogP) is 4.80. The van der Waals surface area contributed by atoms with E-state index in [9.17, 15) is 5.11 Å². The molecule has 0 aliphatic carbocycles. The molecule has 0 saturated carbocycles. The van der Waals surface area contributed by atoms with Crippen LogP contribution in [-0.4, -0.2) is 10.1 Å². The van der Waals surface area contributed by atoms with Gasteiger partial charge in [0.1, 0.15) is 10.8 Å². The summed E-state index contributed by atoms with van der Waals surface area (Å²) >= 11 is 1.60. The van der Waals surface area contributed by atoms with Crippen molar-refractivity contribution in [2.75, 3.05) is 0 Å². The summed E-state index contributed by atoms with van der Waals surface area (Å²) in [7, 11) is 0. The van der Waals surface area contributed by atoms with E-state index in [2.05, 4.69) is 42.4 Å². The maximum Gasteiger partial charge on any atom is 0.124 e. The Balaban J connectivity index is 2.02. The van der Waals surface area contributed by atoms with Crippen LogP contribution in [0.4, 0.5) is 0 Å². The summed E-state index contributed by atoms with van der Waals surface area (Å²) in [4.78, 5) is 4.69. The van der Waals surface area contributed by atoms with E-state index < -0.39 is 0 Å². The zero-order valence-corrected chi connectivity index (χ0v) is 12.2. The van der Waals surface area contributed by atoms with Crippen LogP contribution in [0.1, 0.15) is 11.1 Å². The molecule has 3 rings (SSSR count). The van der Waals surface area contributed by atoms with Gasteiger partial charge in [-0.05, 0) is 31.5 Å². The lowest BCUT2D eigenvalue weighted by Crippen LogP contribution is -1.85. The molecular weight excluding hydrogens is 266 g/mol. The molecule has 0 aliphatic heterocycles. The minimum Gasteiger partial charge on any atom is -0.508 e. The van der Waals surface area contributed by atoms with Crippen molar-refractivity contribution in [2.24, 2.45) is 0 Å². The van der Waals surface area contributed by atoms with Crippen LogP contribution >= 0.6 is 11.3 Å². The number of aromatic nitrogens is 1. The molecule has 20 heavy (non-hydrogen) atoms. The van der Waals surface area contributed by atoms with E-state index in [4.69, 9.17) is 0 Å². The number of aryl methyl sites for hydroxylation is 2. The molecule has 2 nitrogen and oxygen atoms in total. The van der Waals surface area contributed by atoms with Gasteiger partial charge < -0.3 is 5.11 Å². The molecule has 0 radical (unpaired) electrons. The zero-order valence-electron chi connectivity index (χ0n) is 11.4. The quantitative estimate of drug-likeness (QED) is 0.732. The Labute approximate surface area is 122 Å². The van der Waals surface area contributed by atoms with Crippen LogP contribution < -0.4 is 0 Å². The second-order valence-electron chi connectivity index (χ2n) is 4.91. The number of hydrogen-bond acceptors (Lipinski definition) is 3. The highest BCUT2D eigenvalue weighted by Gasteiger charge is 2.09. The van der Waals surface area contributed by atoms with Crippen LogP contribution in [0.5, 0.6) is 5.75 Å². The number of benzene rings is 2. The number of rotatable bonds is 2. The fourth-order valence-corrected chi connectivity index (χ4v) is 3.09. The maximum absolute atomic E-state index is 9.55. The molecule has 0 atom stereocenters. The molecular formula is C17H15NOS. The number of aromatic hydroxyl groups is 1. The van der Waals surface area contributed by atoms with Gasteiger partial charge in [0.2, 0.25) is 0 Å². The molecule has 1 aromatic heterocycles. The van der Waals surface area contributed by atoms with Crippen LogP contribution in [0.25, 0.3) is 21.8 Å². The third kappa shape index (κ3) is 2.45. The van der Waals surface area contributed by atoms with E-state index >= 15 is 0 Å². The summed E-state index contributed by atoms with van der Waals surface area (Å²) < 4.78 is 0. The van der Waals surface area contributed by atoms with E-state index in [-0.39, 0.29) is 5.75 Å². The minimum absolute atomic E-state index is 0.269. The Kier molecular flexibility index (Phi) is 3.28. The molecule has 3 heteroatoms. The van der Waals surface area contributed by atoms with Gasteiger partial charge in [-0.15, -0.1) is 11.3 Å². The Morgan fingerprint density at radius 2 is 1.90 bits per heavy atom. The molecule has 0 spiro atoms. The average Bonchev–Trinajstić information content (AvgIpc) is 2.88. The highest BCUT2D eigenvalue weighted by atomic mass is 32.1. The molecule has 1 heterocycles. The molecule has 1 N–H and O–H groups in total. The van der Waals surface area contributed by atoms with E-state index in [0.29, 0.717) is 0 Å². The second-order valence-corrected chi connectivity index (χ2v) is 5.76. The van der Waals surface area contributed by atoms with Crippen molar-refractivity contribution in [3.63, 3.8) is 0 Å². The molecule has 0 fully saturated rings. The topological polar surface area (TPSA) is 33.1 Å². The zero-order chi connectivity index (χ0) is 14.1. The number of thiazole rings is 1. The molecule has 0 bridgehead atoms. The Bertz CT molecular complexity index is 761. The lowest BCUT2D eigenvalue weighted by atomic mass is 10.0. The molecule has 0 saturated heterocycles. The van der Waals surface area contributed by atoms with E-state index in [1.54, 1.807) is 23.5 Å². The second kappa shape index (κ2) is 5.10. The van der Waals surface area contributed by atoms with Gasteiger partial charge >= 0.3 is 0 Å². The van der Waals surface area contributed by atoms with Gasteiger partial charge in [0.15, 0.2) is 0 Å². The summed E-state index contributed by atoms with van der Waals surface area (Å²) in [6.45, 7) is 4.20. The maximum atomic E-state index is 9.55. The van der Waals surface area contributed by atoms with Gasteiger partial charge in [-0.1, -0.05) is 35.9 Å². The first kappa shape index (κ1) is 12.9. The van der Waals surface area contributed by atoms with Gasteiger partial charge in [0.05, 0.1) is 5.69 Å². The van der Waals surface area contributed by atoms with E-state index in [1.165, 1.54) is 16.7 Å². The van der Waals surface area contributed by atoms with Crippen molar-refractivity contribution in [3.05, 3.63) is 59.0 Å². The molecule has 0 aliphatic rings. The van der Waals surface area contributed by atoms with Crippen molar-refractivity contribution in [1.29, 1.82) is 0 Å². The summed E-state index contributed by atoms with van der Waals surface area (Å²) in [5.41, 5.74) is 5.60. The number of nitrogens with zero attached hydrogens (tertiary/aromatic N) is 1. The fourth-order valence-electron chi connectivity index (χ4n) is 2.27. The smallest absolute Gasteiger partial charge is 0.124 e. The van der Waals surface area contributed by atoms with Crippen molar-refractivity contribution in [2.45, 2.75) is 13.8 Å². The summed E-state index contributed by atoms with van der Waals surface area (Å²) in [5, 5.41) is 12.5. The summed E-state index contributed by atoms with van der Waals surface area (Å²) in [6.07, 6.45) is 0. The van der Waals surface area contributed by atoms with Crippen LogP contribution in [0.15, 0.2) is 47.8 Å². The van der Waals surface area contributed by atoms with Crippen molar-refractivity contribution >= 4 is 11.3 Å². The third-order valence-corrected chi connectivity index (χ3v) is 4.15. The first-order valence-corrected chi connectivity index (χ1v) is 7.34. The van der Waals surface area contributed by atoms with Gasteiger partial charge in [-0.3, -0.25) is 0 Å². The predicted molar refractivity (Wildman–Crippen MR) is 84.1 cm³/mol. The average molecular weight is 281 g/mol. The Morgan fingerprint density at radius 3 is 2.65 bits per heavy atom. The van der Waals surface area contributed by atoms with Crippen molar-refractivity contribution < 1.29 is 5.11 Å². The standard InChI is InChI=1S/C17H15NOS/c1-11-6-7-15(12(2)8-11)16-10-20-17(18-16)13-4-3-5-14(19)9-13/h3-10,19H,1-2H3. The third-order valence-electron chi connectivity index (χ3n) is 3.26. The van der Waals surface area contributed by atoms with Crippen LogP contribution in [0, 0.1) is 13.8 Å². The number of phenols is 1. The molecule has 3 aromatic rings. The Morgan fingerprint density at radius 1 is 1.05 bits per heavy atom. The number of phenolic OH excluding ortho intramolecular Hbond substituents is 1. The van der Waals surface area contributed by atoms with Crippen molar-refractivity contribution in [3.8, 4) is 27.6 Å². The lowest BCUT2D eigenvalue weighted by molar-refractivity contribution is 0.475. The van der Waals surface area contributed by atoms with E-state index in [1.807, 2.05) is 12.1 Å². The summed E-state index contributed by atoms with van der Waals surface area (Å²) in [6, 6.07) is 13.6. The number of hydrogen-bond donors (Lipinski definition) is 1. The highest BCUT2D eigenvalue weighted by molar-refractivity contribution is 7.13. The SMILES string of the molecule is Cc1ccc(-c2csc(-c3cccc(O)c3)n2)c(C)c1. The highest BCUT2D eigenvalue weighted by Crippen LogP contribution is 2.31. The van der Waals surface area contributed by atoms with Gasteiger partial charge in [0.25, 0.3) is 0 Å². The Hall–Kier alpha value is -2.13. The summed E-state index contributed by atoms with van der Waals surface area (Å²) in [5.74, 6) is 0.269. The molecule has 0 unspecified atom stereocenters. The lowest BCUT2D eigenvalue weighted by Gasteiger charge is -2.03. The molecule has 100 valence electrons.